The molecule has 124 valence electrons. The van der Waals surface area contributed by atoms with Crippen molar-refractivity contribution >= 4 is 17.6 Å². The molecule has 0 heterocycles. The SMILES string of the molecule is CC(C)/C=C/C=C/C(=O)NC1=C[C@@](O)(CCC(N)=O)C=CC1=O. The first kappa shape index (κ1) is 18.6. The van der Waals surface area contributed by atoms with E-state index >= 15 is 0 Å². The molecule has 4 N–H and O–H groups in total. The van der Waals surface area contributed by atoms with Gasteiger partial charge in [0.05, 0.1) is 5.70 Å². The molecule has 6 heteroatoms. The van der Waals surface area contributed by atoms with Gasteiger partial charge in [-0.2, -0.15) is 0 Å². The number of carbonyl (C=O) groups excluding carboxylic acids is 3. The summed E-state index contributed by atoms with van der Waals surface area (Å²) in [4.78, 5) is 34.4. The lowest BCUT2D eigenvalue weighted by Gasteiger charge is -2.24. The van der Waals surface area contributed by atoms with Gasteiger partial charge in [0.1, 0.15) is 5.60 Å². The quantitative estimate of drug-likeness (QED) is 0.478. The highest BCUT2D eigenvalue weighted by Gasteiger charge is 2.28. The zero-order valence-electron chi connectivity index (χ0n) is 13.3. The van der Waals surface area contributed by atoms with E-state index in [1.165, 1.54) is 24.3 Å². The fourth-order valence-electron chi connectivity index (χ4n) is 1.86. The summed E-state index contributed by atoms with van der Waals surface area (Å²) in [5.41, 5.74) is 3.55. The zero-order chi connectivity index (χ0) is 17.5. The molecule has 0 unspecified atom stereocenters. The molecule has 1 aliphatic rings. The lowest BCUT2D eigenvalue weighted by molar-refractivity contribution is -0.119. The number of primary amides is 1. The maximum absolute atomic E-state index is 11.8. The molecule has 0 spiro atoms. The highest BCUT2D eigenvalue weighted by Crippen LogP contribution is 2.22. The lowest BCUT2D eigenvalue weighted by atomic mass is 9.90. The molecule has 0 aromatic carbocycles. The second-order valence-electron chi connectivity index (χ2n) is 5.69. The Bertz CT molecular complexity index is 600. The summed E-state index contributed by atoms with van der Waals surface area (Å²) in [5.74, 6) is -1.09. The normalized spacial score (nSPS) is 21.2. The van der Waals surface area contributed by atoms with Crippen molar-refractivity contribution in [2.75, 3.05) is 0 Å². The number of amides is 2. The Balaban J connectivity index is 2.73. The molecular weight excluding hydrogens is 296 g/mol. The van der Waals surface area contributed by atoms with Gasteiger partial charge in [-0.3, -0.25) is 14.4 Å². The molecule has 0 saturated carbocycles. The van der Waals surface area contributed by atoms with Gasteiger partial charge in [-0.25, -0.2) is 0 Å². The number of hydrogen-bond acceptors (Lipinski definition) is 4. The van der Waals surface area contributed by atoms with Gasteiger partial charge in [0, 0.05) is 12.5 Å². The number of allylic oxidation sites excluding steroid dienone is 4. The van der Waals surface area contributed by atoms with Crippen LogP contribution in [0.5, 0.6) is 0 Å². The highest BCUT2D eigenvalue weighted by atomic mass is 16.3. The second-order valence-corrected chi connectivity index (χ2v) is 5.69. The predicted molar refractivity (Wildman–Crippen MR) is 86.9 cm³/mol. The van der Waals surface area contributed by atoms with Crippen molar-refractivity contribution in [1.82, 2.24) is 5.32 Å². The van der Waals surface area contributed by atoms with Crippen molar-refractivity contribution in [3.8, 4) is 0 Å². The molecule has 1 atom stereocenters. The molecule has 1 rings (SSSR count). The highest BCUT2D eigenvalue weighted by molar-refractivity contribution is 6.08. The minimum atomic E-state index is -1.48. The Morgan fingerprint density at radius 2 is 2.09 bits per heavy atom. The average molecular weight is 318 g/mol. The van der Waals surface area contributed by atoms with Gasteiger partial charge in [0.15, 0.2) is 0 Å². The van der Waals surface area contributed by atoms with Gasteiger partial charge < -0.3 is 16.2 Å². The number of hydrogen-bond donors (Lipinski definition) is 3. The third-order valence-corrected chi connectivity index (χ3v) is 3.07. The van der Waals surface area contributed by atoms with Crippen LogP contribution in [0.3, 0.4) is 0 Å². The number of nitrogens with one attached hydrogen (secondary N) is 1. The second kappa shape index (κ2) is 8.24. The number of nitrogens with two attached hydrogens (primary N) is 1. The van der Waals surface area contributed by atoms with Gasteiger partial charge in [-0.1, -0.05) is 32.1 Å². The third-order valence-electron chi connectivity index (χ3n) is 3.07. The summed E-state index contributed by atoms with van der Waals surface area (Å²) in [6.07, 6.45) is 10.2. The van der Waals surface area contributed by atoms with Crippen LogP contribution in [0.1, 0.15) is 26.7 Å². The van der Waals surface area contributed by atoms with Crippen LogP contribution in [0.2, 0.25) is 0 Å². The topological polar surface area (TPSA) is 109 Å². The van der Waals surface area contributed by atoms with Gasteiger partial charge in [0.25, 0.3) is 0 Å². The van der Waals surface area contributed by atoms with Crippen LogP contribution in [-0.4, -0.2) is 28.3 Å². The fourth-order valence-corrected chi connectivity index (χ4v) is 1.86. The standard InChI is InChI=1S/C17H22N2O4/c1-12(2)5-3-4-6-16(22)19-13-11-17(23,9-7-14(13)20)10-8-15(18)21/h3-7,9,11-12,23H,8,10H2,1-2H3,(H2,18,21)(H,19,22)/b5-3+,6-4+/t17-/m0/s1. The maximum atomic E-state index is 11.8. The van der Waals surface area contributed by atoms with Gasteiger partial charge in [-0.05, 0) is 30.6 Å². The Morgan fingerprint density at radius 3 is 2.70 bits per heavy atom. The molecule has 0 saturated heterocycles. The van der Waals surface area contributed by atoms with E-state index in [0.29, 0.717) is 5.92 Å². The van der Waals surface area contributed by atoms with Crippen LogP contribution in [0.25, 0.3) is 0 Å². The van der Waals surface area contributed by atoms with Crippen LogP contribution >= 0.6 is 0 Å². The first-order chi connectivity index (χ1) is 10.7. The average Bonchev–Trinajstić information content (AvgIpc) is 2.46. The van der Waals surface area contributed by atoms with Crippen molar-refractivity contribution in [2.45, 2.75) is 32.3 Å². The Labute approximate surface area is 135 Å². The van der Waals surface area contributed by atoms with E-state index in [4.69, 9.17) is 5.73 Å². The van der Waals surface area contributed by atoms with E-state index in [1.807, 2.05) is 19.9 Å². The molecular formula is C17H22N2O4. The van der Waals surface area contributed by atoms with E-state index in [-0.39, 0.29) is 18.5 Å². The minimum absolute atomic E-state index is 0.0260. The van der Waals surface area contributed by atoms with E-state index in [2.05, 4.69) is 5.32 Å². The van der Waals surface area contributed by atoms with Crippen molar-refractivity contribution in [2.24, 2.45) is 11.7 Å². The third kappa shape index (κ3) is 6.88. The predicted octanol–water partition coefficient (Wildman–Crippen LogP) is 0.890. The largest absolute Gasteiger partial charge is 0.382 e. The van der Waals surface area contributed by atoms with Crippen LogP contribution in [0, 0.1) is 5.92 Å². The van der Waals surface area contributed by atoms with Gasteiger partial charge >= 0.3 is 0 Å². The molecule has 2 amide bonds. The van der Waals surface area contributed by atoms with Crippen molar-refractivity contribution in [3.05, 3.63) is 48.2 Å². The summed E-state index contributed by atoms with van der Waals surface area (Å²) in [6.45, 7) is 4.02. The Hall–Kier alpha value is -2.47. The Kier molecular flexibility index (Phi) is 6.65. The van der Waals surface area contributed by atoms with E-state index in [1.54, 1.807) is 12.2 Å². The van der Waals surface area contributed by atoms with Crippen LogP contribution in [0.15, 0.2) is 48.2 Å². The molecule has 0 aromatic heterocycles. The maximum Gasteiger partial charge on any atom is 0.248 e. The first-order valence-electron chi connectivity index (χ1n) is 7.35. The summed E-state index contributed by atoms with van der Waals surface area (Å²) in [5, 5.41) is 12.7. The summed E-state index contributed by atoms with van der Waals surface area (Å²) in [6, 6.07) is 0. The Morgan fingerprint density at radius 1 is 1.39 bits per heavy atom. The van der Waals surface area contributed by atoms with Crippen LogP contribution in [-0.2, 0) is 14.4 Å². The van der Waals surface area contributed by atoms with Crippen molar-refractivity contribution in [3.63, 3.8) is 0 Å². The minimum Gasteiger partial charge on any atom is -0.382 e. The lowest BCUT2D eigenvalue weighted by Crippen LogP contribution is -2.35. The van der Waals surface area contributed by atoms with Crippen molar-refractivity contribution in [1.29, 1.82) is 0 Å². The molecule has 0 bridgehead atoms. The molecule has 0 radical (unpaired) electrons. The van der Waals surface area contributed by atoms with Gasteiger partial charge in [0.2, 0.25) is 17.6 Å². The number of rotatable bonds is 7. The summed E-state index contributed by atoms with van der Waals surface area (Å²) in [7, 11) is 0. The molecule has 0 aromatic rings. The smallest absolute Gasteiger partial charge is 0.248 e. The number of ketones is 1. The van der Waals surface area contributed by atoms with Crippen LogP contribution < -0.4 is 11.1 Å². The molecule has 1 aliphatic carbocycles. The van der Waals surface area contributed by atoms with E-state index in [9.17, 15) is 19.5 Å². The first-order valence-corrected chi connectivity index (χ1v) is 7.35. The van der Waals surface area contributed by atoms with Gasteiger partial charge in [-0.15, -0.1) is 0 Å². The fraction of sp³-hybridized carbons (Fsp3) is 0.353. The molecule has 0 aliphatic heterocycles. The zero-order valence-corrected chi connectivity index (χ0v) is 13.3. The van der Waals surface area contributed by atoms with E-state index < -0.39 is 23.2 Å². The molecule has 6 nitrogen and oxygen atoms in total. The monoisotopic (exact) mass is 318 g/mol. The molecule has 23 heavy (non-hydrogen) atoms. The number of aliphatic hydroxyl groups is 1. The van der Waals surface area contributed by atoms with Crippen LogP contribution in [0.4, 0.5) is 0 Å². The number of carbonyl (C=O) groups is 3. The summed E-state index contributed by atoms with van der Waals surface area (Å²) < 4.78 is 0. The van der Waals surface area contributed by atoms with E-state index in [0.717, 1.165) is 0 Å². The molecule has 0 fully saturated rings. The van der Waals surface area contributed by atoms with Crippen molar-refractivity contribution < 1.29 is 19.5 Å². The summed E-state index contributed by atoms with van der Waals surface area (Å²) >= 11 is 0.